The van der Waals surface area contributed by atoms with Gasteiger partial charge in [-0.1, -0.05) is 31.9 Å². The molecule has 0 atom stereocenters. The highest BCUT2D eigenvalue weighted by Crippen LogP contribution is 2.12. The second kappa shape index (κ2) is 8.20. The third kappa shape index (κ3) is 4.51. The molecule has 0 aromatic carbocycles. The Labute approximate surface area is 113 Å². The zero-order chi connectivity index (χ0) is 11.8. The number of hydrogen-bond donors (Lipinski definition) is 2. The van der Waals surface area contributed by atoms with E-state index in [0.717, 1.165) is 31.1 Å². The van der Waals surface area contributed by atoms with Gasteiger partial charge in [-0.25, -0.2) is 0 Å². The van der Waals surface area contributed by atoms with Crippen LogP contribution in [0.5, 0.6) is 0 Å². The van der Waals surface area contributed by atoms with Gasteiger partial charge in [0.15, 0.2) is 0 Å². The molecule has 6 heteroatoms. The second-order valence-electron chi connectivity index (χ2n) is 3.82. The number of nitrogens with one attached hydrogen (secondary N) is 1. The van der Waals surface area contributed by atoms with Crippen molar-refractivity contribution in [1.29, 1.82) is 0 Å². The molecule has 16 heavy (non-hydrogen) atoms. The number of piperidine rings is 1. The summed E-state index contributed by atoms with van der Waals surface area (Å²) in [4.78, 5) is 4.61. The third-order valence-corrected chi connectivity index (χ3v) is 3.80. The standard InChI is InChI=1S/C10H18Br2N4/c11-5-9(10(6-12)16-13)15-7-8-1-3-14-4-2-8/h8,14H,1-7,13H2. The third-order valence-electron chi connectivity index (χ3n) is 2.74. The summed E-state index contributed by atoms with van der Waals surface area (Å²) in [5, 5.41) is 8.45. The molecule has 0 aromatic heterocycles. The predicted octanol–water partition coefficient (Wildman–Crippen LogP) is 1.53. The van der Waals surface area contributed by atoms with E-state index in [1.807, 2.05) is 0 Å². The summed E-state index contributed by atoms with van der Waals surface area (Å²) in [6.07, 6.45) is 2.42. The number of nitrogens with zero attached hydrogens (tertiary/aromatic N) is 2. The molecule has 3 N–H and O–H groups in total. The van der Waals surface area contributed by atoms with Gasteiger partial charge in [-0.2, -0.15) is 5.10 Å². The minimum atomic E-state index is 0.653. The van der Waals surface area contributed by atoms with Crippen molar-refractivity contribution in [2.24, 2.45) is 21.9 Å². The monoisotopic (exact) mass is 352 g/mol. The van der Waals surface area contributed by atoms with Gasteiger partial charge in [0.2, 0.25) is 0 Å². The Bertz CT molecular complexity index is 260. The van der Waals surface area contributed by atoms with Crippen LogP contribution in [0.4, 0.5) is 0 Å². The summed E-state index contributed by atoms with van der Waals surface area (Å²) in [7, 11) is 0. The summed E-state index contributed by atoms with van der Waals surface area (Å²) in [5.41, 5.74) is 1.78. The lowest BCUT2D eigenvalue weighted by atomic mass is 9.98. The van der Waals surface area contributed by atoms with Crippen molar-refractivity contribution >= 4 is 43.3 Å². The van der Waals surface area contributed by atoms with Crippen LogP contribution in [0.1, 0.15) is 12.8 Å². The molecule has 0 aliphatic carbocycles. The fourth-order valence-electron chi connectivity index (χ4n) is 1.70. The summed E-state index contributed by atoms with van der Waals surface area (Å²) in [6.45, 7) is 3.11. The molecule has 1 aliphatic rings. The van der Waals surface area contributed by atoms with Gasteiger partial charge in [-0.05, 0) is 31.8 Å². The zero-order valence-corrected chi connectivity index (χ0v) is 12.4. The lowest BCUT2D eigenvalue weighted by Crippen LogP contribution is -2.29. The summed E-state index contributed by atoms with van der Waals surface area (Å²) in [5.74, 6) is 6.01. The smallest absolute Gasteiger partial charge is 0.0924 e. The Hall–Kier alpha value is 0.0600. The molecule has 0 spiro atoms. The molecule has 92 valence electrons. The van der Waals surface area contributed by atoms with Crippen molar-refractivity contribution in [3.05, 3.63) is 0 Å². The van der Waals surface area contributed by atoms with Crippen LogP contribution in [0.2, 0.25) is 0 Å². The maximum atomic E-state index is 5.31. The largest absolute Gasteiger partial charge is 0.323 e. The number of hydrogen-bond acceptors (Lipinski definition) is 4. The Morgan fingerprint density at radius 2 is 1.81 bits per heavy atom. The fraction of sp³-hybridized carbons (Fsp3) is 0.800. The first-order valence-corrected chi connectivity index (χ1v) is 7.69. The van der Waals surface area contributed by atoms with Gasteiger partial charge in [0.25, 0.3) is 0 Å². The van der Waals surface area contributed by atoms with Crippen molar-refractivity contribution < 1.29 is 0 Å². The molecule has 1 aliphatic heterocycles. The zero-order valence-electron chi connectivity index (χ0n) is 9.25. The van der Waals surface area contributed by atoms with Crippen molar-refractivity contribution in [2.75, 3.05) is 30.3 Å². The molecule has 1 heterocycles. The Kier molecular flexibility index (Phi) is 7.23. The molecule has 0 bridgehead atoms. The van der Waals surface area contributed by atoms with E-state index >= 15 is 0 Å². The van der Waals surface area contributed by atoms with Gasteiger partial charge < -0.3 is 11.2 Å². The Morgan fingerprint density at radius 3 is 2.31 bits per heavy atom. The van der Waals surface area contributed by atoms with Gasteiger partial charge in [0.05, 0.1) is 11.4 Å². The van der Waals surface area contributed by atoms with E-state index in [4.69, 9.17) is 5.84 Å². The van der Waals surface area contributed by atoms with Crippen LogP contribution in [0.25, 0.3) is 0 Å². The first kappa shape index (κ1) is 14.1. The van der Waals surface area contributed by atoms with E-state index in [1.54, 1.807) is 0 Å². The molecular weight excluding hydrogens is 336 g/mol. The molecule has 4 nitrogen and oxygen atoms in total. The normalized spacial score (nSPS) is 20.1. The van der Waals surface area contributed by atoms with Crippen LogP contribution in [-0.2, 0) is 0 Å². The molecule has 0 unspecified atom stereocenters. The van der Waals surface area contributed by atoms with Crippen LogP contribution < -0.4 is 11.2 Å². The van der Waals surface area contributed by atoms with Gasteiger partial charge in [-0.3, -0.25) is 4.99 Å². The van der Waals surface area contributed by atoms with E-state index in [9.17, 15) is 0 Å². The quantitative estimate of drug-likeness (QED) is 0.341. The van der Waals surface area contributed by atoms with Crippen molar-refractivity contribution in [3.63, 3.8) is 0 Å². The molecular formula is C10H18Br2N4. The number of hydrazone groups is 1. The first-order valence-electron chi connectivity index (χ1n) is 5.45. The highest BCUT2D eigenvalue weighted by atomic mass is 79.9. The SMILES string of the molecule is NN=C(CBr)C(CBr)=NCC1CCNCC1. The molecule has 0 aromatic rings. The highest BCUT2D eigenvalue weighted by molar-refractivity contribution is 9.10. The summed E-state index contributed by atoms with van der Waals surface area (Å²) in [6, 6.07) is 0. The van der Waals surface area contributed by atoms with E-state index < -0.39 is 0 Å². The van der Waals surface area contributed by atoms with E-state index in [1.165, 1.54) is 12.8 Å². The number of alkyl halides is 2. The summed E-state index contributed by atoms with van der Waals surface area (Å²) >= 11 is 6.78. The van der Waals surface area contributed by atoms with Crippen LogP contribution in [0, 0.1) is 5.92 Å². The summed E-state index contributed by atoms with van der Waals surface area (Å²) < 4.78 is 0. The van der Waals surface area contributed by atoms with Crippen LogP contribution in [0.15, 0.2) is 10.1 Å². The van der Waals surface area contributed by atoms with Gasteiger partial charge in [0, 0.05) is 17.2 Å². The predicted molar refractivity (Wildman–Crippen MR) is 77.1 cm³/mol. The molecule has 1 rings (SSSR count). The number of aliphatic imine (C=N–C) groups is 1. The average Bonchev–Trinajstić information content (AvgIpc) is 2.35. The first-order chi connectivity index (χ1) is 7.81. The van der Waals surface area contributed by atoms with Crippen molar-refractivity contribution in [3.8, 4) is 0 Å². The van der Waals surface area contributed by atoms with Gasteiger partial charge in [0.1, 0.15) is 0 Å². The Balaban J connectivity index is 2.51. The number of nitrogens with two attached hydrogens (primary N) is 1. The highest BCUT2D eigenvalue weighted by Gasteiger charge is 2.13. The minimum Gasteiger partial charge on any atom is -0.323 e. The lowest BCUT2D eigenvalue weighted by Gasteiger charge is -2.21. The number of halogens is 2. The lowest BCUT2D eigenvalue weighted by molar-refractivity contribution is 0.383. The maximum absolute atomic E-state index is 5.31. The Morgan fingerprint density at radius 1 is 1.19 bits per heavy atom. The average molecular weight is 354 g/mol. The van der Waals surface area contributed by atoms with E-state index in [2.05, 4.69) is 47.3 Å². The van der Waals surface area contributed by atoms with Crippen LogP contribution in [0.3, 0.4) is 0 Å². The molecule has 0 amide bonds. The fourth-order valence-corrected chi connectivity index (χ4v) is 2.67. The number of rotatable bonds is 5. The second-order valence-corrected chi connectivity index (χ2v) is 4.95. The molecule has 0 radical (unpaired) electrons. The van der Waals surface area contributed by atoms with Crippen molar-refractivity contribution in [2.45, 2.75) is 12.8 Å². The molecule has 1 saturated heterocycles. The van der Waals surface area contributed by atoms with Gasteiger partial charge in [-0.15, -0.1) is 0 Å². The van der Waals surface area contributed by atoms with E-state index in [0.29, 0.717) is 16.6 Å². The minimum absolute atomic E-state index is 0.653. The molecule has 0 saturated carbocycles. The van der Waals surface area contributed by atoms with Crippen molar-refractivity contribution in [1.82, 2.24) is 5.32 Å². The van der Waals surface area contributed by atoms with Crippen LogP contribution in [-0.4, -0.2) is 41.7 Å². The molecule has 1 fully saturated rings. The van der Waals surface area contributed by atoms with E-state index in [-0.39, 0.29) is 0 Å². The van der Waals surface area contributed by atoms with Crippen LogP contribution >= 0.6 is 31.9 Å². The maximum Gasteiger partial charge on any atom is 0.0924 e. The van der Waals surface area contributed by atoms with Gasteiger partial charge >= 0.3 is 0 Å². The topological polar surface area (TPSA) is 62.8 Å².